The Morgan fingerprint density at radius 1 is 0.692 bits per heavy atom. The van der Waals surface area contributed by atoms with Crippen LogP contribution >= 0.6 is 0 Å². The zero-order valence-electron chi connectivity index (χ0n) is 9.65. The molecule has 0 unspecified atom stereocenters. The fraction of sp³-hybridized carbons (Fsp3) is 1.00. The second-order valence-corrected chi connectivity index (χ2v) is 5.94. The lowest BCUT2D eigenvalue weighted by atomic mass is 9.85. The van der Waals surface area contributed by atoms with Crippen molar-refractivity contribution in [3.05, 3.63) is 0 Å². The molecule has 0 radical (unpaired) electrons. The maximum Gasteiger partial charge on any atom is 0.0471 e. The van der Waals surface area contributed by atoms with Crippen LogP contribution in [0.25, 0.3) is 0 Å². The van der Waals surface area contributed by atoms with Gasteiger partial charge in [0.2, 0.25) is 0 Å². The van der Waals surface area contributed by atoms with E-state index in [0.717, 1.165) is 18.6 Å². The van der Waals surface area contributed by atoms with E-state index in [9.17, 15) is 0 Å². The molecule has 1 saturated carbocycles. The molecule has 1 heterocycles. The first-order valence-electron chi connectivity index (χ1n) is 5.49. The first kappa shape index (κ1) is 11.0. The maximum absolute atomic E-state index is 5.21. The standard InChI is InChI=1S/C7H14O.C5H10/c1-7(2)3-5-8-6-4-7;1-5(2)3-4-5/h3-6H2,1-2H3;3-4H2,1-2H3. The third kappa shape index (κ3) is 5.30. The Morgan fingerprint density at radius 2 is 1.00 bits per heavy atom. The highest BCUT2D eigenvalue weighted by Gasteiger charge is 2.30. The largest absolute Gasteiger partial charge is 0.381 e. The minimum atomic E-state index is 0.554. The topological polar surface area (TPSA) is 9.23 Å². The molecule has 0 aromatic heterocycles. The molecule has 1 aliphatic heterocycles. The molecule has 0 atom stereocenters. The Morgan fingerprint density at radius 3 is 1.15 bits per heavy atom. The van der Waals surface area contributed by atoms with Crippen LogP contribution in [0.5, 0.6) is 0 Å². The molecule has 2 fully saturated rings. The molecule has 1 heteroatoms. The van der Waals surface area contributed by atoms with Crippen molar-refractivity contribution < 1.29 is 4.74 Å². The fourth-order valence-corrected chi connectivity index (χ4v) is 1.17. The zero-order valence-corrected chi connectivity index (χ0v) is 9.65. The summed E-state index contributed by atoms with van der Waals surface area (Å²) >= 11 is 0. The van der Waals surface area contributed by atoms with Crippen molar-refractivity contribution in [2.75, 3.05) is 13.2 Å². The van der Waals surface area contributed by atoms with Crippen LogP contribution < -0.4 is 0 Å². The van der Waals surface area contributed by atoms with Crippen molar-refractivity contribution in [2.45, 2.75) is 53.4 Å². The van der Waals surface area contributed by atoms with Crippen LogP contribution in [-0.4, -0.2) is 13.2 Å². The van der Waals surface area contributed by atoms with Gasteiger partial charge < -0.3 is 4.74 Å². The van der Waals surface area contributed by atoms with E-state index < -0.39 is 0 Å². The second kappa shape index (κ2) is 4.00. The van der Waals surface area contributed by atoms with E-state index in [2.05, 4.69) is 27.7 Å². The highest BCUT2D eigenvalue weighted by Crippen LogP contribution is 2.43. The normalized spacial score (nSPS) is 28.6. The van der Waals surface area contributed by atoms with E-state index in [0.29, 0.717) is 5.41 Å². The Labute approximate surface area is 82.9 Å². The quantitative estimate of drug-likeness (QED) is 0.558. The Balaban J connectivity index is 0.000000145. The van der Waals surface area contributed by atoms with Gasteiger partial charge in [-0.2, -0.15) is 0 Å². The number of rotatable bonds is 0. The molecule has 2 aliphatic rings. The minimum absolute atomic E-state index is 0.554. The van der Waals surface area contributed by atoms with Gasteiger partial charge in [0.25, 0.3) is 0 Å². The Bertz CT molecular complexity index is 145. The molecule has 78 valence electrons. The van der Waals surface area contributed by atoms with E-state index in [4.69, 9.17) is 4.74 Å². The third-order valence-electron chi connectivity index (χ3n) is 3.10. The van der Waals surface area contributed by atoms with Crippen LogP contribution in [0.1, 0.15) is 53.4 Å². The zero-order chi connectivity index (χ0) is 9.95. The summed E-state index contributed by atoms with van der Waals surface area (Å²) in [7, 11) is 0. The molecule has 0 aromatic rings. The molecular formula is C12H24O. The highest BCUT2D eigenvalue weighted by atomic mass is 16.5. The Hall–Kier alpha value is -0.0400. The molecule has 0 amide bonds. The van der Waals surface area contributed by atoms with E-state index in [1.54, 1.807) is 0 Å². The van der Waals surface area contributed by atoms with Gasteiger partial charge in [-0.05, 0) is 36.5 Å². The average Bonchev–Trinajstić information content (AvgIpc) is 2.66. The van der Waals surface area contributed by atoms with Crippen LogP contribution in [0.2, 0.25) is 0 Å². The molecule has 0 spiro atoms. The van der Waals surface area contributed by atoms with Crippen molar-refractivity contribution in [2.24, 2.45) is 10.8 Å². The molecule has 1 nitrogen and oxygen atoms in total. The van der Waals surface area contributed by atoms with Gasteiger partial charge in [-0.3, -0.25) is 0 Å². The summed E-state index contributed by atoms with van der Waals surface area (Å²) in [5.41, 5.74) is 1.30. The lowest BCUT2D eigenvalue weighted by molar-refractivity contribution is 0.0327. The second-order valence-electron chi connectivity index (χ2n) is 5.94. The van der Waals surface area contributed by atoms with Crippen molar-refractivity contribution in [3.8, 4) is 0 Å². The molecule has 13 heavy (non-hydrogen) atoms. The van der Waals surface area contributed by atoms with Gasteiger partial charge in [0, 0.05) is 13.2 Å². The van der Waals surface area contributed by atoms with E-state index >= 15 is 0 Å². The van der Waals surface area contributed by atoms with Gasteiger partial charge >= 0.3 is 0 Å². The van der Waals surface area contributed by atoms with Crippen LogP contribution in [0, 0.1) is 10.8 Å². The predicted molar refractivity (Wildman–Crippen MR) is 56.8 cm³/mol. The number of ether oxygens (including phenoxy) is 1. The number of hydrogen-bond donors (Lipinski definition) is 0. The van der Waals surface area contributed by atoms with E-state index in [1.165, 1.54) is 25.7 Å². The smallest absolute Gasteiger partial charge is 0.0471 e. The van der Waals surface area contributed by atoms with Crippen molar-refractivity contribution >= 4 is 0 Å². The van der Waals surface area contributed by atoms with Crippen molar-refractivity contribution in [1.29, 1.82) is 0 Å². The van der Waals surface area contributed by atoms with Gasteiger partial charge in [0.1, 0.15) is 0 Å². The van der Waals surface area contributed by atoms with Gasteiger partial charge in [-0.1, -0.05) is 27.7 Å². The molecular weight excluding hydrogens is 160 g/mol. The molecule has 0 N–H and O–H groups in total. The maximum atomic E-state index is 5.21. The summed E-state index contributed by atoms with van der Waals surface area (Å²) in [6.07, 6.45) is 5.36. The molecule has 2 rings (SSSR count). The lowest BCUT2D eigenvalue weighted by Crippen LogP contribution is -2.22. The van der Waals surface area contributed by atoms with Crippen LogP contribution in [0.3, 0.4) is 0 Å². The summed E-state index contributed by atoms with van der Waals surface area (Å²) in [6, 6.07) is 0. The lowest BCUT2D eigenvalue weighted by Gasteiger charge is -2.28. The van der Waals surface area contributed by atoms with Crippen LogP contribution in [0.4, 0.5) is 0 Å². The summed E-state index contributed by atoms with van der Waals surface area (Å²) < 4.78 is 5.21. The molecule has 1 aliphatic carbocycles. The highest BCUT2D eigenvalue weighted by molar-refractivity contribution is 4.82. The molecule has 0 aromatic carbocycles. The van der Waals surface area contributed by atoms with Gasteiger partial charge in [-0.25, -0.2) is 0 Å². The fourth-order valence-electron chi connectivity index (χ4n) is 1.17. The monoisotopic (exact) mass is 184 g/mol. The van der Waals surface area contributed by atoms with Crippen LogP contribution in [0.15, 0.2) is 0 Å². The van der Waals surface area contributed by atoms with Gasteiger partial charge in [0.05, 0.1) is 0 Å². The van der Waals surface area contributed by atoms with Crippen molar-refractivity contribution in [1.82, 2.24) is 0 Å². The minimum Gasteiger partial charge on any atom is -0.381 e. The third-order valence-corrected chi connectivity index (χ3v) is 3.10. The Kier molecular flexibility index (Phi) is 3.39. The summed E-state index contributed by atoms with van der Waals surface area (Å²) in [4.78, 5) is 0. The summed E-state index contributed by atoms with van der Waals surface area (Å²) in [5.74, 6) is 0. The van der Waals surface area contributed by atoms with E-state index in [1.807, 2.05) is 0 Å². The SMILES string of the molecule is CC1(C)CC1.CC1(C)CCOCC1. The van der Waals surface area contributed by atoms with Crippen LogP contribution in [-0.2, 0) is 4.74 Å². The predicted octanol–water partition coefficient (Wildman–Crippen LogP) is 3.63. The van der Waals surface area contributed by atoms with E-state index in [-0.39, 0.29) is 0 Å². The first-order valence-corrected chi connectivity index (χ1v) is 5.49. The molecule has 1 saturated heterocycles. The van der Waals surface area contributed by atoms with Crippen molar-refractivity contribution in [3.63, 3.8) is 0 Å². The average molecular weight is 184 g/mol. The summed E-state index contributed by atoms with van der Waals surface area (Å²) in [5, 5.41) is 0. The van der Waals surface area contributed by atoms with Gasteiger partial charge in [0.15, 0.2) is 0 Å². The summed E-state index contributed by atoms with van der Waals surface area (Å²) in [6.45, 7) is 11.1. The number of hydrogen-bond acceptors (Lipinski definition) is 1. The van der Waals surface area contributed by atoms with Gasteiger partial charge in [-0.15, -0.1) is 0 Å². The molecule has 0 bridgehead atoms. The first-order chi connectivity index (χ1) is 5.91.